The molecular weight excluding hydrogens is 334 g/mol. The van der Waals surface area contributed by atoms with E-state index in [0.29, 0.717) is 22.3 Å². The first-order valence-corrected chi connectivity index (χ1v) is 7.78. The molecule has 4 aromatic rings. The minimum atomic E-state index is -0.335. The van der Waals surface area contributed by atoms with Gasteiger partial charge in [-0.3, -0.25) is 14.2 Å². The Kier molecular flexibility index (Phi) is 3.94. The molecule has 9 nitrogen and oxygen atoms in total. The molecule has 0 unspecified atom stereocenters. The van der Waals surface area contributed by atoms with Gasteiger partial charge in [-0.1, -0.05) is 18.2 Å². The van der Waals surface area contributed by atoms with Crippen LogP contribution in [-0.2, 0) is 11.3 Å². The molecule has 0 atom stereocenters. The van der Waals surface area contributed by atoms with Crippen LogP contribution in [0.25, 0.3) is 16.6 Å². The fourth-order valence-corrected chi connectivity index (χ4v) is 2.58. The fourth-order valence-electron chi connectivity index (χ4n) is 2.58. The smallest absolute Gasteiger partial charge is 0.261 e. The van der Waals surface area contributed by atoms with Crippen molar-refractivity contribution < 1.29 is 4.79 Å². The van der Waals surface area contributed by atoms with Crippen molar-refractivity contribution in [2.75, 3.05) is 5.32 Å². The van der Waals surface area contributed by atoms with Crippen LogP contribution in [0.3, 0.4) is 0 Å². The van der Waals surface area contributed by atoms with Crippen LogP contribution in [0.15, 0.2) is 66.0 Å². The zero-order valence-corrected chi connectivity index (χ0v) is 13.5. The third-order valence-electron chi connectivity index (χ3n) is 3.79. The van der Waals surface area contributed by atoms with Crippen LogP contribution < -0.4 is 10.9 Å². The van der Waals surface area contributed by atoms with Gasteiger partial charge in [0.25, 0.3) is 5.56 Å². The van der Waals surface area contributed by atoms with Crippen LogP contribution in [-0.4, -0.2) is 35.7 Å². The lowest BCUT2D eigenvalue weighted by atomic mass is 10.2. The Labute approximate surface area is 146 Å². The van der Waals surface area contributed by atoms with Gasteiger partial charge in [0.15, 0.2) is 0 Å². The second-order valence-corrected chi connectivity index (χ2v) is 5.55. The molecule has 2 aromatic heterocycles. The zero-order valence-electron chi connectivity index (χ0n) is 13.5. The molecule has 4 rings (SSSR count). The summed E-state index contributed by atoms with van der Waals surface area (Å²) in [6, 6.07) is 14.1. The lowest BCUT2D eigenvalue weighted by Crippen LogP contribution is -2.27. The number of benzene rings is 2. The Hall–Kier alpha value is -3.88. The first-order valence-electron chi connectivity index (χ1n) is 7.78. The number of hydrogen-bond donors (Lipinski definition) is 1. The first kappa shape index (κ1) is 15.6. The van der Waals surface area contributed by atoms with Gasteiger partial charge >= 0.3 is 0 Å². The fraction of sp³-hybridized carbons (Fsp3) is 0.0588. The minimum Gasteiger partial charge on any atom is -0.324 e. The van der Waals surface area contributed by atoms with Gasteiger partial charge in [-0.15, -0.1) is 5.10 Å². The standard InChI is InChI=1S/C17H13N7O2/c25-16(9-23-10-18-15-7-2-1-6-14(15)17(23)26)20-12-4-3-5-13(8-12)24-11-19-21-22-24/h1-8,10-11H,9H2,(H,20,25). The van der Waals surface area contributed by atoms with Crippen molar-refractivity contribution in [2.45, 2.75) is 6.54 Å². The van der Waals surface area contributed by atoms with E-state index in [2.05, 4.69) is 25.8 Å². The molecule has 26 heavy (non-hydrogen) atoms. The number of nitrogens with one attached hydrogen (secondary N) is 1. The largest absolute Gasteiger partial charge is 0.324 e. The average Bonchev–Trinajstić information content (AvgIpc) is 3.19. The van der Waals surface area contributed by atoms with E-state index in [1.54, 1.807) is 36.4 Å². The van der Waals surface area contributed by atoms with Crippen LogP contribution >= 0.6 is 0 Å². The molecule has 0 spiro atoms. The molecule has 0 aliphatic heterocycles. The van der Waals surface area contributed by atoms with E-state index in [9.17, 15) is 9.59 Å². The summed E-state index contributed by atoms with van der Waals surface area (Å²) in [5, 5.41) is 14.2. The molecule has 2 heterocycles. The van der Waals surface area contributed by atoms with Gasteiger partial charge in [0, 0.05) is 5.69 Å². The Morgan fingerprint density at radius 2 is 1.96 bits per heavy atom. The molecule has 0 radical (unpaired) electrons. The molecule has 0 aliphatic rings. The lowest BCUT2D eigenvalue weighted by Gasteiger charge is -2.09. The molecule has 2 aromatic carbocycles. The Morgan fingerprint density at radius 3 is 2.81 bits per heavy atom. The van der Waals surface area contributed by atoms with Crippen LogP contribution in [0.5, 0.6) is 0 Å². The molecule has 0 bridgehead atoms. The van der Waals surface area contributed by atoms with E-state index in [4.69, 9.17) is 0 Å². The third kappa shape index (κ3) is 3.05. The highest BCUT2D eigenvalue weighted by Gasteiger charge is 2.09. The predicted octanol–water partition coefficient (Wildman–Crippen LogP) is 1.01. The van der Waals surface area contributed by atoms with Gasteiger partial charge in [0.05, 0.1) is 22.9 Å². The maximum Gasteiger partial charge on any atom is 0.261 e. The maximum absolute atomic E-state index is 12.4. The number of tetrazole rings is 1. The number of rotatable bonds is 4. The summed E-state index contributed by atoms with van der Waals surface area (Å²) in [6.07, 6.45) is 2.84. The normalized spacial score (nSPS) is 10.8. The summed E-state index contributed by atoms with van der Waals surface area (Å²) in [7, 11) is 0. The molecule has 0 aliphatic carbocycles. The number of anilines is 1. The molecule has 0 saturated carbocycles. The van der Waals surface area contributed by atoms with E-state index in [0.717, 1.165) is 0 Å². The van der Waals surface area contributed by atoms with Gasteiger partial charge in [-0.25, -0.2) is 9.67 Å². The van der Waals surface area contributed by atoms with E-state index in [-0.39, 0.29) is 18.0 Å². The van der Waals surface area contributed by atoms with E-state index in [1.165, 1.54) is 21.9 Å². The first-order chi connectivity index (χ1) is 12.7. The predicted molar refractivity (Wildman–Crippen MR) is 93.8 cm³/mol. The van der Waals surface area contributed by atoms with Crippen LogP contribution in [0.1, 0.15) is 0 Å². The van der Waals surface area contributed by atoms with Gasteiger partial charge in [0.2, 0.25) is 5.91 Å². The highest BCUT2D eigenvalue weighted by atomic mass is 16.2. The topological polar surface area (TPSA) is 108 Å². The van der Waals surface area contributed by atoms with Crippen molar-refractivity contribution in [2.24, 2.45) is 0 Å². The quantitative estimate of drug-likeness (QED) is 0.590. The number of amides is 1. The third-order valence-corrected chi connectivity index (χ3v) is 3.79. The summed E-state index contributed by atoms with van der Waals surface area (Å²) in [6.45, 7) is -0.133. The van der Waals surface area contributed by atoms with Crippen molar-refractivity contribution in [3.63, 3.8) is 0 Å². The van der Waals surface area contributed by atoms with Gasteiger partial charge < -0.3 is 5.32 Å². The Morgan fingerprint density at radius 1 is 1.08 bits per heavy atom. The van der Waals surface area contributed by atoms with E-state index in [1.807, 2.05) is 12.1 Å². The number of carbonyl (C=O) groups excluding carboxylic acids is 1. The van der Waals surface area contributed by atoms with Crippen molar-refractivity contribution in [1.29, 1.82) is 0 Å². The molecule has 9 heteroatoms. The van der Waals surface area contributed by atoms with Crippen molar-refractivity contribution >= 4 is 22.5 Å². The highest BCUT2D eigenvalue weighted by molar-refractivity contribution is 5.91. The van der Waals surface area contributed by atoms with Crippen molar-refractivity contribution in [1.82, 2.24) is 29.8 Å². The van der Waals surface area contributed by atoms with Gasteiger partial charge in [0.1, 0.15) is 12.9 Å². The van der Waals surface area contributed by atoms with E-state index < -0.39 is 0 Å². The lowest BCUT2D eigenvalue weighted by molar-refractivity contribution is -0.116. The van der Waals surface area contributed by atoms with Crippen LogP contribution in [0.2, 0.25) is 0 Å². The van der Waals surface area contributed by atoms with Crippen LogP contribution in [0, 0.1) is 0 Å². The molecule has 0 saturated heterocycles. The average molecular weight is 347 g/mol. The maximum atomic E-state index is 12.4. The number of fused-ring (bicyclic) bond motifs is 1. The number of para-hydroxylation sites is 1. The molecule has 1 N–H and O–H groups in total. The van der Waals surface area contributed by atoms with E-state index >= 15 is 0 Å². The van der Waals surface area contributed by atoms with Gasteiger partial charge in [-0.05, 0) is 40.8 Å². The summed E-state index contributed by atoms with van der Waals surface area (Å²) < 4.78 is 2.76. The highest BCUT2D eigenvalue weighted by Crippen LogP contribution is 2.13. The second kappa shape index (κ2) is 6.55. The molecule has 128 valence electrons. The number of aromatic nitrogens is 6. The monoisotopic (exact) mass is 347 g/mol. The molecular formula is C17H13N7O2. The Bertz CT molecular complexity index is 1140. The summed E-state index contributed by atoms with van der Waals surface area (Å²) in [4.78, 5) is 29.0. The minimum absolute atomic E-state index is 0.133. The number of carbonyl (C=O) groups is 1. The summed E-state index contributed by atoms with van der Waals surface area (Å²) in [5.41, 5.74) is 1.62. The molecule has 0 fully saturated rings. The van der Waals surface area contributed by atoms with Crippen LogP contribution in [0.4, 0.5) is 5.69 Å². The Balaban J connectivity index is 1.54. The number of hydrogen-bond acceptors (Lipinski definition) is 6. The SMILES string of the molecule is O=C(Cn1cnc2ccccc2c1=O)Nc1cccc(-n2cnnn2)c1. The zero-order chi connectivity index (χ0) is 17.9. The summed E-state index contributed by atoms with van der Waals surface area (Å²) in [5.74, 6) is -0.335. The van der Waals surface area contributed by atoms with Crippen molar-refractivity contribution in [3.05, 3.63) is 71.5 Å². The van der Waals surface area contributed by atoms with Gasteiger partial charge in [-0.2, -0.15) is 0 Å². The second-order valence-electron chi connectivity index (χ2n) is 5.55. The summed E-state index contributed by atoms with van der Waals surface area (Å²) >= 11 is 0. The van der Waals surface area contributed by atoms with Crippen molar-refractivity contribution in [3.8, 4) is 5.69 Å². The number of nitrogens with zero attached hydrogens (tertiary/aromatic N) is 6. The molecule has 1 amide bonds.